The largest absolute Gasteiger partial charge is 0.456 e. The lowest BCUT2D eigenvalue weighted by atomic mass is 9.84. The molecule has 5 heteroatoms. The highest BCUT2D eigenvalue weighted by atomic mass is 16.4. The van der Waals surface area contributed by atoms with Crippen LogP contribution in [0.1, 0.15) is 0 Å². The lowest BCUT2D eigenvalue weighted by Gasteiger charge is -2.19. The van der Waals surface area contributed by atoms with Gasteiger partial charge in [-0.3, -0.25) is 0 Å². The van der Waals surface area contributed by atoms with Gasteiger partial charge in [0.05, 0.1) is 5.56 Å². The molecule has 514 valence electrons. The summed E-state index contributed by atoms with van der Waals surface area (Å²) in [6, 6.07) is 131. The predicted octanol–water partition coefficient (Wildman–Crippen LogP) is 30.9. The zero-order valence-electron chi connectivity index (χ0n) is 59.7. The standard InChI is InChI=1S/C60H34O3.C46H26O2/c1-2-20-40-35(15-1)33-48-41-21-7-10-28-51(41)61-58(48)56(40)38-18-13-16-36(31-38)54-44-24-3-5-26-46(44)55(47-27-6-4-25-45(47)54)37-17-14-19-39(32-37)57-59-49(42-22-8-11-29-52(42)62-59)34-50-43-23-9-12-30-53(43)63-60(50)57;1-3-11-31-27(9-1)17-23-41-45(31)37-25-29(19-21-39(37)47-41)43-33-13-5-7-15-35(33)44(36-16-8-6-14-34(36)43)30-20-22-40-38(26-30)46-32-12-4-2-10-28(32)18-24-42(46)48-40/h1-34H;1-26H. The van der Waals surface area contributed by atoms with Crippen molar-refractivity contribution in [2.75, 3.05) is 0 Å². The van der Waals surface area contributed by atoms with E-state index in [0.717, 1.165) is 132 Å². The van der Waals surface area contributed by atoms with Gasteiger partial charge in [0.25, 0.3) is 0 Å². The number of para-hydroxylation sites is 3. The summed E-state index contributed by atoms with van der Waals surface area (Å²) in [7, 11) is 0. The maximum atomic E-state index is 6.73. The van der Waals surface area contributed by atoms with E-state index in [2.05, 4.69) is 334 Å². The van der Waals surface area contributed by atoms with E-state index in [9.17, 15) is 0 Å². The van der Waals surface area contributed by atoms with E-state index in [1.54, 1.807) is 0 Å². The van der Waals surface area contributed by atoms with E-state index >= 15 is 0 Å². The molecule has 20 aromatic carbocycles. The zero-order chi connectivity index (χ0) is 72.5. The molecule has 5 heterocycles. The SMILES string of the molecule is c1cc(-c2c3ccccc3c(-c3cccc(-c4c5oc6ccccc6c5cc5c4oc4ccccc45)c3)c3ccccc23)cc(-c2c3ccccc3cc3c2oc2ccccc23)c1.c1ccc2c(c1)ccc1oc3ccc(-c4c5ccccc5c(-c5ccc6oc7ccc8ccccc8c7c6c5)c5ccccc45)cc3c12. The molecule has 0 N–H and O–H groups in total. The summed E-state index contributed by atoms with van der Waals surface area (Å²) in [5, 5.41) is 28.1. The average molecular weight is 1410 g/mol. The Morgan fingerprint density at radius 1 is 0.126 bits per heavy atom. The van der Waals surface area contributed by atoms with Crippen LogP contribution in [0, 0.1) is 0 Å². The zero-order valence-corrected chi connectivity index (χ0v) is 59.7. The van der Waals surface area contributed by atoms with Crippen LogP contribution >= 0.6 is 0 Å². The smallest absolute Gasteiger partial charge is 0.147 e. The second kappa shape index (κ2) is 23.9. The first-order valence-electron chi connectivity index (χ1n) is 37.9. The predicted molar refractivity (Wildman–Crippen MR) is 464 cm³/mol. The van der Waals surface area contributed by atoms with Crippen molar-refractivity contribution in [3.8, 4) is 66.8 Å². The van der Waals surface area contributed by atoms with Gasteiger partial charge in [-0.1, -0.05) is 285 Å². The Labute approximate surface area is 633 Å². The molecule has 25 rings (SSSR count). The van der Waals surface area contributed by atoms with Crippen molar-refractivity contribution in [2.45, 2.75) is 0 Å². The van der Waals surface area contributed by atoms with Gasteiger partial charge in [0.2, 0.25) is 0 Å². The molecule has 111 heavy (non-hydrogen) atoms. The average Bonchev–Trinajstić information content (AvgIpc) is 1.38. The van der Waals surface area contributed by atoms with Crippen molar-refractivity contribution in [2.24, 2.45) is 0 Å². The first-order chi connectivity index (χ1) is 55.0. The van der Waals surface area contributed by atoms with Crippen molar-refractivity contribution in [1.82, 2.24) is 0 Å². The first-order valence-corrected chi connectivity index (χ1v) is 37.9. The fourth-order valence-electron chi connectivity index (χ4n) is 18.7. The third-order valence-electron chi connectivity index (χ3n) is 23.4. The summed E-state index contributed by atoms with van der Waals surface area (Å²) in [4.78, 5) is 0. The van der Waals surface area contributed by atoms with Crippen molar-refractivity contribution >= 4 is 185 Å². The normalized spacial score (nSPS) is 12.1. The first kappa shape index (κ1) is 61.4. The van der Waals surface area contributed by atoms with Crippen LogP contribution < -0.4 is 0 Å². The van der Waals surface area contributed by atoms with E-state index < -0.39 is 0 Å². The molecule has 0 aliphatic carbocycles. The Kier molecular flexibility index (Phi) is 13.2. The molecule has 0 unspecified atom stereocenters. The maximum absolute atomic E-state index is 6.73. The number of furan rings is 5. The van der Waals surface area contributed by atoms with Crippen molar-refractivity contribution in [3.63, 3.8) is 0 Å². The number of hydrogen-bond donors (Lipinski definition) is 0. The Bertz CT molecular complexity index is 7880. The Morgan fingerprint density at radius 2 is 0.405 bits per heavy atom. The number of hydrogen-bond acceptors (Lipinski definition) is 5. The number of benzene rings is 20. The highest BCUT2D eigenvalue weighted by Crippen LogP contribution is 2.52. The molecule has 0 amide bonds. The molecule has 0 bridgehead atoms. The molecule has 0 saturated heterocycles. The summed E-state index contributed by atoms with van der Waals surface area (Å²) in [5.41, 5.74) is 22.6. The Morgan fingerprint density at radius 3 is 0.802 bits per heavy atom. The Hall–Kier alpha value is -14.8. The summed E-state index contributed by atoms with van der Waals surface area (Å²) >= 11 is 0. The summed E-state index contributed by atoms with van der Waals surface area (Å²) < 4.78 is 32.9. The van der Waals surface area contributed by atoms with Gasteiger partial charge in [0.15, 0.2) is 0 Å². The minimum atomic E-state index is 0.830. The van der Waals surface area contributed by atoms with Crippen LogP contribution in [-0.2, 0) is 0 Å². The molecule has 0 spiro atoms. The minimum absolute atomic E-state index is 0.830. The second-order valence-corrected chi connectivity index (χ2v) is 29.4. The summed E-state index contributed by atoms with van der Waals surface area (Å²) in [5.74, 6) is 0. The van der Waals surface area contributed by atoms with Gasteiger partial charge in [-0.2, -0.15) is 0 Å². The molecule has 5 aromatic heterocycles. The van der Waals surface area contributed by atoms with Crippen molar-refractivity contribution in [1.29, 1.82) is 0 Å². The van der Waals surface area contributed by atoms with Gasteiger partial charge < -0.3 is 22.1 Å². The fourth-order valence-corrected chi connectivity index (χ4v) is 18.7. The molecular weight excluding hydrogens is 1350 g/mol. The summed E-state index contributed by atoms with van der Waals surface area (Å²) in [6.07, 6.45) is 0. The van der Waals surface area contributed by atoms with Gasteiger partial charge in [-0.05, 0) is 210 Å². The molecule has 0 aliphatic heterocycles. The summed E-state index contributed by atoms with van der Waals surface area (Å²) in [6.45, 7) is 0. The van der Waals surface area contributed by atoms with Crippen LogP contribution in [0.5, 0.6) is 0 Å². The molecule has 25 aromatic rings. The third kappa shape index (κ3) is 9.24. The molecule has 0 saturated carbocycles. The molecule has 5 nitrogen and oxygen atoms in total. The van der Waals surface area contributed by atoms with Crippen LogP contribution in [0.2, 0.25) is 0 Å². The lowest BCUT2D eigenvalue weighted by molar-refractivity contribution is 0.658. The highest BCUT2D eigenvalue weighted by molar-refractivity contribution is 6.28. The van der Waals surface area contributed by atoms with Crippen LogP contribution in [0.15, 0.2) is 386 Å². The fraction of sp³-hybridized carbons (Fsp3) is 0. The van der Waals surface area contributed by atoms with Crippen LogP contribution in [-0.4, -0.2) is 0 Å². The van der Waals surface area contributed by atoms with E-state index in [4.69, 9.17) is 22.1 Å². The number of rotatable bonds is 6. The molecule has 0 radical (unpaired) electrons. The van der Waals surface area contributed by atoms with Gasteiger partial charge >= 0.3 is 0 Å². The van der Waals surface area contributed by atoms with Crippen molar-refractivity contribution in [3.05, 3.63) is 364 Å². The quantitative estimate of drug-likeness (QED) is 0.155. The Balaban J connectivity index is 0.000000134. The highest BCUT2D eigenvalue weighted by Gasteiger charge is 2.26. The van der Waals surface area contributed by atoms with Crippen LogP contribution in [0.4, 0.5) is 0 Å². The van der Waals surface area contributed by atoms with E-state index in [0.29, 0.717) is 0 Å². The molecule has 0 atom stereocenters. The van der Waals surface area contributed by atoms with E-state index in [1.165, 1.54) is 120 Å². The van der Waals surface area contributed by atoms with Gasteiger partial charge in [-0.25, -0.2) is 0 Å². The van der Waals surface area contributed by atoms with E-state index in [-0.39, 0.29) is 0 Å². The number of fused-ring (bicyclic) bond motifs is 24. The molecular formula is C106H60O5. The monoisotopic (exact) mass is 1410 g/mol. The van der Waals surface area contributed by atoms with Crippen molar-refractivity contribution < 1.29 is 22.1 Å². The topological polar surface area (TPSA) is 65.7 Å². The lowest BCUT2D eigenvalue weighted by Crippen LogP contribution is -1.92. The van der Waals surface area contributed by atoms with E-state index in [1.807, 2.05) is 30.3 Å². The maximum Gasteiger partial charge on any atom is 0.147 e. The molecule has 0 aliphatic rings. The van der Waals surface area contributed by atoms with Gasteiger partial charge in [0.1, 0.15) is 55.8 Å². The van der Waals surface area contributed by atoms with Gasteiger partial charge in [-0.15, -0.1) is 0 Å². The van der Waals surface area contributed by atoms with Gasteiger partial charge in [0, 0.05) is 59.4 Å². The minimum Gasteiger partial charge on any atom is -0.456 e. The van der Waals surface area contributed by atoms with Crippen LogP contribution in [0.3, 0.4) is 0 Å². The third-order valence-corrected chi connectivity index (χ3v) is 23.4. The molecule has 0 fully saturated rings. The second-order valence-electron chi connectivity index (χ2n) is 29.4. The van der Waals surface area contributed by atoms with Crippen LogP contribution in [0.25, 0.3) is 252 Å².